The molecule has 1 aromatic heterocycles. The molecule has 0 aliphatic heterocycles. The number of halogens is 1. The first-order valence-electron chi connectivity index (χ1n) is 7.72. The zero-order chi connectivity index (χ0) is 17.8. The van der Waals surface area contributed by atoms with Gasteiger partial charge in [0, 0.05) is 36.7 Å². The average Bonchev–Trinajstić information content (AvgIpc) is 2.94. The van der Waals surface area contributed by atoms with E-state index in [1.54, 1.807) is 4.68 Å². The maximum Gasteiger partial charge on any atom is 0.323 e. The number of nitrogens with zero attached hydrogens (tertiary/aromatic N) is 2. The summed E-state index contributed by atoms with van der Waals surface area (Å²) in [7, 11) is 1.86. The summed E-state index contributed by atoms with van der Waals surface area (Å²) in [5.74, 6) is 0. The van der Waals surface area contributed by atoms with Crippen LogP contribution in [0.3, 0.4) is 0 Å². The highest BCUT2D eigenvalue weighted by molar-refractivity contribution is 9.10. The summed E-state index contributed by atoms with van der Waals surface area (Å²) < 4.78 is 2.63. The lowest BCUT2D eigenvalue weighted by atomic mass is 10.1. The van der Waals surface area contributed by atoms with Gasteiger partial charge in [0.25, 0.3) is 0 Å². The predicted molar refractivity (Wildman–Crippen MR) is 103 cm³/mol. The van der Waals surface area contributed by atoms with E-state index in [0.717, 1.165) is 21.3 Å². The third-order valence-corrected chi connectivity index (χ3v) is 4.24. The molecule has 0 aliphatic rings. The molecule has 0 bridgehead atoms. The van der Waals surface area contributed by atoms with E-state index in [-0.39, 0.29) is 6.03 Å². The van der Waals surface area contributed by atoms with Crippen molar-refractivity contribution in [3.05, 3.63) is 64.8 Å². The van der Waals surface area contributed by atoms with Gasteiger partial charge in [-0.2, -0.15) is 5.10 Å². The van der Waals surface area contributed by atoms with E-state index in [2.05, 4.69) is 31.7 Å². The zero-order valence-corrected chi connectivity index (χ0v) is 15.2. The van der Waals surface area contributed by atoms with E-state index in [9.17, 15) is 4.79 Å². The fraction of sp³-hybridized carbons (Fsp3) is 0.111. The molecule has 0 spiro atoms. The van der Waals surface area contributed by atoms with Crippen LogP contribution >= 0.6 is 15.9 Å². The summed E-state index contributed by atoms with van der Waals surface area (Å²) in [6.07, 6.45) is 1.88. The molecule has 0 fully saturated rings. The maximum atomic E-state index is 12.3. The topological polar surface area (TPSA) is 85.0 Å². The van der Waals surface area contributed by atoms with Crippen molar-refractivity contribution in [2.24, 2.45) is 12.8 Å². The lowest BCUT2D eigenvalue weighted by Gasteiger charge is -2.11. The van der Waals surface area contributed by atoms with Crippen molar-refractivity contribution in [2.75, 3.05) is 10.6 Å². The number of nitrogens with two attached hydrogens (primary N) is 1. The van der Waals surface area contributed by atoms with Crippen LogP contribution in [-0.4, -0.2) is 15.8 Å². The second-order valence-electron chi connectivity index (χ2n) is 5.52. The molecule has 7 heteroatoms. The summed E-state index contributed by atoms with van der Waals surface area (Å²) in [6, 6.07) is 14.7. The summed E-state index contributed by atoms with van der Waals surface area (Å²) in [5, 5.41) is 10.1. The molecule has 3 rings (SSSR count). The standard InChI is InChI=1S/C18H18BrN5O/c1-24-11-15(19)17(23-24)12-6-4-7-14(9-12)21-18(25)22-16-8-3-2-5-13(16)10-20/h2-9,11H,10,20H2,1H3,(H2,21,22,25). The second kappa shape index (κ2) is 7.50. The molecule has 0 unspecified atom stereocenters. The van der Waals surface area contributed by atoms with Crippen LogP contribution in [-0.2, 0) is 13.6 Å². The molecule has 25 heavy (non-hydrogen) atoms. The van der Waals surface area contributed by atoms with Gasteiger partial charge >= 0.3 is 6.03 Å². The van der Waals surface area contributed by atoms with Gasteiger partial charge in [0.15, 0.2) is 0 Å². The lowest BCUT2D eigenvalue weighted by Crippen LogP contribution is -2.20. The highest BCUT2D eigenvalue weighted by atomic mass is 79.9. The van der Waals surface area contributed by atoms with Crippen molar-refractivity contribution >= 4 is 33.3 Å². The molecule has 128 valence electrons. The van der Waals surface area contributed by atoms with Crippen molar-refractivity contribution in [3.63, 3.8) is 0 Å². The van der Waals surface area contributed by atoms with Crippen LogP contribution in [0, 0.1) is 0 Å². The largest absolute Gasteiger partial charge is 0.326 e. The Morgan fingerprint density at radius 3 is 2.72 bits per heavy atom. The van der Waals surface area contributed by atoms with Crippen LogP contribution in [0.25, 0.3) is 11.3 Å². The second-order valence-corrected chi connectivity index (χ2v) is 6.37. The van der Waals surface area contributed by atoms with Crippen LogP contribution < -0.4 is 16.4 Å². The number of anilines is 2. The Labute approximate surface area is 154 Å². The van der Waals surface area contributed by atoms with E-state index in [0.29, 0.717) is 17.9 Å². The Morgan fingerprint density at radius 2 is 2.00 bits per heavy atom. The van der Waals surface area contributed by atoms with Crippen LogP contribution in [0.2, 0.25) is 0 Å². The highest BCUT2D eigenvalue weighted by Gasteiger charge is 2.10. The number of hydrogen-bond donors (Lipinski definition) is 3. The van der Waals surface area contributed by atoms with Crippen LogP contribution in [0.15, 0.2) is 59.2 Å². The van der Waals surface area contributed by atoms with E-state index < -0.39 is 0 Å². The molecule has 4 N–H and O–H groups in total. The van der Waals surface area contributed by atoms with Gasteiger partial charge in [0.05, 0.1) is 4.47 Å². The number of nitrogens with one attached hydrogen (secondary N) is 2. The van der Waals surface area contributed by atoms with E-state index in [4.69, 9.17) is 5.73 Å². The monoisotopic (exact) mass is 399 g/mol. The number of hydrogen-bond acceptors (Lipinski definition) is 3. The van der Waals surface area contributed by atoms with Crippen molar-refractivity contribution in [2.45, 2.75) is 6.54 Å². The van der Waals surface area contributed by atoms with Crippen LogP contribution in [0.5, 0.6) is 0 Å². The van der Waals surface area contributed by atoms with Crippen LogP contribution in [0.4, 0.5) is 16.2 Å². The molecule has 6 nitrogen and oxygen atoms in total. The maximum absolute atomic E-state index is 12.3. The molecule has 0 saturated heterocycles. The normalized spacial score (nSPS) is 10.5. The summed E-state index contributed by atoms with van der Waals surface area (Å²) >= 11 is 3.49. The SMILES string of the molecule is Cn1cc(Br)c(-c2cccc(NC(=O)Nc3ccccc3CN)c2)n1. The highest BCUT2D eigenvalue weighted by Crippen LogP contribution is 2.28. The molecule has 0 aliphatic carbocycles. The first-order chi connectivity index (χ1) is 12.1. The van der Waals surface area contributed by atoms with Gasteiger partial charge in [-0.05, 0) is 39.7 Å². The number of rotatable bonds is 4. The van der Waals surface area contributed by atoms with Crippen molar-refractivity contribution in [3.8, 4) is 11.3 Å². The molecular formula is C18H18BrN5O. The Bertz CT molecular complexity index is 906. The molecule has 0 atom stereocenters. The Kier molecular flexibility index (Phi) is 5.16. The quantitative estimate of drug-likeness (QED) is 0.620. The molecule has 0 radical (unpaired) electrons. The number of aromatic nitrogens is 2. The number of urea groups is 1. The molecule has 0 saturated carbocycles. The first kappa shape index (κ1) is 17.2. The fourth-order valence-electron chi connectivity index (χ4n) is 2.50. The third kappa shape index (κ3) is 4.07. The van der Waals surface area contributed by atoms with Gasteiger partial charge in [-0.15, -0.1) is 0 Å². The summed E-state index contributed by atoms with van der Waals surface area (Å²) in [6.45, 7) is 0.361. The third-order valence-electron chi connectivity index (χ3n) is 3.66. The van der Waals surface area contributed by atoms with Gasteiger partial charge in [0.2, 0.25) is 0 Å². The minimum atomic E-state index is -0.321. The molecule has 2 amide bonds. The van der Waals surface area contributed by atoms with Gasteiger partial charge in [-0.1, -0.05) is 30.3 Å². The number of aryl methyl sites for hydroxylation is 1. The number of carbonyl (C=O) groups excluding carboxylic acids is 1. The smallest absolute Gasteiger partial charge is 0.323 e. The van der Waals surface area contributed by atoms with Crippen LogP contribution in [0.1, 0.15) is 5.56 Å². The number of carbonyl (C=O) groups is 1. The fourth-order valence-corrected chi connectivity index (χ4v) is 3.11. The number of benzene rings is 2. The molecular weight excluding hydrogens is 382 g/mol. The minimum absolute atomic E-state index is 0.321. The van der Waals surface area contributed by atoms with Crippen molar-refractivity contribution < 1.29 is 4.79 Å². The van der Waals surface area contributed by atoms with E-state index in [1.807, 2.05) is 61.8 Å². The molecule has 1 heterocycles. The predicted octanol–water partition coefficient (Wildman–Crippen LogP) is 3.95. The van der Waals surface area contributed by atoms with E-state index >= 15 is 0 Å². The Hall–Kier alpha value is -2.64. The van der Waals surface area contributed by atoms with Crippen molar-refractivity contribution in [1.29, 1.82) is 0 Å². The lowest BCUT2D eigenvalue weighted by molar-refractivity contribution is 0.262. The van der Waals surface area contributed by atoms with Gasteiger partial charge in [-0.3, -0.25) is 4.68 Å². The molecule has 2 aromatic carbocycles. The summed E-state index contributed by atoms with van der Waals surface area (Å²) in [4.78, 5) is 12.3. The Morgan fingerprint density at radius 1 is 1.20 bits per heavy atom. The number of amides is 2. The zero-order valence-electron chi connectivity index (χ0n) is 13.7. The average molecular weight is 400 g/mol. The summed E-state index contributed by atoms with van der Waals surface area (Å²) in [5.41, 5.74) is 9.68. The van der Waals surface area contributed by atoms with Gasteiger partial charge in [0.1, 0.15) is 5.69 Å². The number of para-hydroxylation sites is 1. The molecule has 3 aromatic rings. The Balaban J connectivity index is 1.76. The van der Waals surface area contributed by atoms with Gasteiger partial charge < -0.3 is 16.4 Å². The van der Waals surface area contributed by atoms with Gasteiger partial charge in [-0.25, -0.2) is 4.79 Å². The minimum Gasteiger partial charge on any atom is -0.326 e. The van der Waals surface area contributed by atoms with Crippen molar-refractivity contribution in [1.82, 2.24) is 9.78 Å². The first-order valence-corrected chi connectivity index (χ1v) is 8.51. The van der Waals surface area contributed by atoms with E-state index in [1.165, 1.54) is 0 Å².